The highest BCUT2D eigenvalue weighted by Gasteiger charge is 2.19. The first-order chi connectivity index (χ1) is 15.1. The maximum Gasteiger partial charge on any atom is 0.338 e. The van der Waals surface area contributed by atoms with E-state index in [0.29, 0.717) is 11.4 Å². The number of benzene rings is 2. The van der Waals surface area contributed by atoms with Crippen molar-refractivity contribution in [2.75, 3.05) is 22.9 Å². The fraction of sp³-hybridized carbons (Fsp3) is 0.190. The number of sulfonamides is 1. The molecule has 2 aromatic carbocycles. The molecule has 0 aliphatic rings. The van der Waals surface area contributed by atoms with Gasteiger partial charge >= 0.3 is 5.97 Å². The van der Waals surface area contributed by atoms with Crippen molar-refractivity contribution in [3.05, 3.63) is 76.2 Å². The van der Waals surface area contributed by atoms with Gasteiger partial charge in [-0.1, -0.05) is 24.3 Å². The molecule has 168 valence electrons. The van der Waals surface area contributed by atoms with Gasteiger partial charge in [0.15, 0.2) is 6.61 Å². The van der Waals surface area contributed by atoms with Crippen LogP contribution in [0, 0.1) is 6.92 Å². The van der Waals surface area contributed by atoms with Crippen molar-refractivity contribution in [2.45, 2.75) is 6.92 Å². The Morgan fingerprint density at radius 3 is 2.41 bits per heavy atom. The molecule has 0 bridgehead atoms. The fourth-order valence-electron chi connectivity index (χ4n) is 3.03. The molecule has 2 N–H and O–H groups in total. The number of nitrogens with one attached hydrogen (secondary N) is 2. The van der Waals surface area contributed by atoms with E-state index in [9.17, 15) is 22.8 Å². The van der Waals surface area contributed by atoms with E-state index in [-0.39, 0.29) is 16.9 Å². The molecule has 3 aromatic rings. The molecule has 0 saturated heterocycles. The number of nitrogens with zero attached hydrogens (tertiary/aromatic N) is 2. The predicted molar refractivity (Wildman–Crippen MR) is 120 cm³/mol. The summed E-state index contributed by atoms with van der Waals surface area (Å²) in [6, 6.07) is 14.6. The molecule has 32 heavy (non-hydrogen) atoms. The molecule has 1 heterocycles. The van der Waals surface area contributed by atoms with Crippen LogP contribution in [0.3, 0.4) is 0 Å². The van der Waals surface area contributed by atoms with Crippen LogP contribution in [0.25, 0.3) is 5.69 Å². The highest BCUT2D eigenvalue weighted by Crippen LogP contribution is 2.15. The fourth-order valence-corrected chi connectivity index (χ4v) is 3.58. The molecule has 0 fully saturated rings. The lowest BCUT2D eigenvalue weighted by atomic mass is 10.2. The van der Waals surface area contributed by atoms with E-state index >= 15 is 0 Å². The first-order valence-corrected chi connectivity index (χ1v) is 11.3. The van der Waals surface area contributed by atoms with E-state index in [4.69, 9.17) is 4.74 Å². The predicted octanol–water partition coefficient (Wildman–Crippen LogP) is 1.65. The summed E-state index contributed by atoms with van der Waals surface area (Å²) in [5.74, 6) is -1.50. The summed E-state index contributed by atoms with van der Waals surface area (Å²) in [5, 5.41) is 2.50. The van der Waals surface area contributed by atoms with Gasteiger partial charge in [0.05, 0.1) is 23.2 Å². The van der Waals surface area contributed by atoms with Crippen molar-refractivity contribution < 1.29 is 22.7 Å². The Labute approximate surface area is 184 Å². The second-order valence-electron chi connectivity index (χ2n) is 7.02. The average molecular weight is 458 g/mol. The monoisotopic (exact) mass is 458 g/mol. The van der Waals surface area contributed by atoms with Crippen molar-refractivity contribution in [1.29, 1.82) is 0 Å². The van der Waals surface area contributed by atoms with Crippen LogP contribution in [0.1, 0.15) is 16.1 Å². The number of ether oxygens (including phenoxy) is 1. The number of anilines is 2. The van der Waals surface area contributed by atoms with Gasteiger partial charge in [0.25, 0.3) is 11.5 Å². The molecule has 0 radical (unpaired) electrons. The van der Waals surface area contributed by atoms with Gasteiger partial charge in [-0.2, -0.15) is 0 Å². The minimum absolute atomic E-state index is 0.0637. The molecule has 10 nitrogen and oxygen atoms in total. The largest absolute Gasteiger partial charge is 0.452 e. The standard InChI is InChI=1S/C21H22N4O6S/c1-14-19(20(27)25(24(14)2)17-10-5-4-6-11-17)22-18(26)13-31-21(28)15-8-7-9-16(12-15)23-32(3,29)30/h4-12,23H,13H2,1-3H3,(H,22,26). The minimum Gasteiger partial charge on any atom is -0.452 e. The Morgan fingerprint density at radius 2 is 1.75 bits per heavy atom. The van der Waals surface area contributed by atoms with Crippen LogP contribution in [-0.2, 0) is 26.6 Å². The lowest BCUT2D eigenvalue weighted by Crippen LogP contribution is -2.25. The van der Waals surface area contributed by atoms with E-state index < -0.39 is 34.1 Å². The lowest BCUT2D eigenvalue weighted by Gasteiger charge is -2.08. The smallest absolute Gasteiger partial charge is 0.338 e. The molecule has 1 amide bonds. The Hall–Kier alpha value is -3.86. The quantitative estimate of drug-likeness (QED) is 0.518. The van der Waals surface area contributed by atoms with Crippen molar-refractivity contribution in [1.82, 2.24) is 9.36 Å². The van der Waals surface area contributed by atoms with E-state index in [1.807, 2.05) is 6.07 Å². The third-order valence-corrected chi connectivity index (χ3v) is 5.16. The number of amides is 1. The van der Waals surface area contributed by atoms with E-state index in [0.717, 1.165) is 6.26 Å². The summed E-state index contributed by atoms with van der Waals surface area (Å²) in [6.07, 6.45) is 0.986. The highest BCUT2D eigenvalue weighted by atomic mass is 32.2. The molecule has 3 rings (SSSR count). The Balaban J connectivity index is 1.69. The van der Waals surface area contributed by atoms with Crippen molar-refractivity contribution in [3.8, 4) is 5.69 Å². The first kappa shape index (κ1) is 22.8. The van der Waals surface area contributed by atoms with Crippen LogP contribution < -0.4 is 15.6 Å². The SMILES string of the molecule is Cc1c(NC(=O)COC(=O)c2cccc(NS(C)(=O)=O)c2)c(=O)n(-c2ccccc2)n1C. The normalized spacial score (nSPS) is 11.1. The number of esters is 1. The summed E-state index contributed by atoms with van der Waals surface area (Å²) in [7, 11) is -1.82. The molecule has 0 unspecified atom stereocenters. The molecule has 0 aliphatic heterocycles. The second-order valence-corrected chi connectivity index (χ2v) is 8.76. The minimum atomic E-state index is -3.51. The summed E-state index contributed by atoms with van der Waals surface area (Å²) < 4.78 is 32.9. The molecule has 1 aromatic heterocycles. The Kier molecular flexibility index (Phi) is 6.49. The molecular weight excluding hydrogens is 436 g/mol. The first-order valence-electron chi connectivity index (χ1n) is 9.45. The number of para-hydroxylation sites is 1. The number of rotatable bonds is 7. The van der Waals surface area contributed by atoms with Gasteiger partial charge in [-0.3, -0.25) is 19.0 Å². The zero-order valence-electron chi connectivity index (χ0n) is 17.7. The molecule has 0 spiro atoms. The maximum atomic E-state index is 12.8. The topological polar surface area (TPSA) is 128 Å². The van der Waals surface area contributed by atoms with Gasteiger partial charge in [-0.05, 0) is 37.3 Å². The van der Waals surface area contributed by atoms with E-state index in [1.54, 1.807) is 42.9 Å². The van der Waals surface area contributed by atoms with Gasteiger partial charge in [0.1, 0.15) is 5.69 Å². The van der Waals surface area contributed by atoms with Gasteiger partial charge in [-0.15, -0.1) is 0 Å². The number of hydrogen-bond acceptors (Lipinski definition) is 6. The van der Waals surface area contributed by atoms with E-state index in [2.05, 4.69) is 10.0 Å². The maximum absolute atomic E-state index is 12.8. The van der Waals surface area contributed by atoms with Crippen LogP contribution >= 0.6 is 0 Å². The Bertz CT molecular complexity index is 1330. The summed E-state index contributed by atoms with van der Waals surface area (Å²) >= 11 is 0. The van der Waals surface area contributed by atoms with Crippen LogP contribution in [0.4, 0.5) is 11.4 Å². The highest BCUT2D eigenvalue weighted by molar-refractivity contribution is 7.92. The van der Waals surface area contributed by atoms with Crippen LogP contribution in [-0.4, -0.2) is 42.5 Å². The molecule has 11 heteroatoms. The van der Waals surface area contributed by atoms with Crippen molar-refractivity contribution >= 4 is 33.3 Å². The van der Waals surface area contributed by atoms with Crippen LogP contribution in [0.2, 0.25) is 0 Å². The third-order valence-electron chi connectivity index (χ3n) is 4.55. The van der Waals surface area contributed by atoms with Gasteiger partial charge in [-0.25, -0.2) is 17.9 Å². The Morgan fingerprint density at radius 1 is 1.06 bits per heavy atom. The average Bonchev–Trinajstić information content (AvgIpc) is 2.94. The van der Waals surface area contributed by atoms with Crippen molar-refractivity contribution in [2.24, 2.45) is 7.05 Å². The van der Waals surface area contributed by atoms with E-state index in [1.165, 1.54) is 28.9 Å². The summed E-state index contributed by atoms with van der Waals surface area (Å²) in [4.78, 5) is 37.4. The number of carbonyl (C=O) groups excluding carboxylic acids is 2. The molecule has 0 saturated carbocycles. The third kappa shape index (κ3) is 5.24. The van der Waals surface area contributed by atoms with Crippen LogP contribution in [0.15, 0.2) is 59.4 Å². The summed E-state index contributed by atoms with van der Waals surface area (Å²) in [5.41, 5.74) is 1.07. The molecule has 0 aliphatic carbocycles. The lowest BCUT2D eigenvalue weighted by molar-refractivity contribution is -0.119. The summed E-state index contributed by atoms with van der Waals surface area (Å²) in [6.45, 7) is 1.06. The van der Waals surface area contributed by atoms with Gasteiger partial charge in [0, 0.05) is 12.7 Å². The number of aromatic nitrogens is 2. The second kappa shape index (κ2) is 9.10. The molecule has 0 atom stereocenters. The molecular formula is C21H22N4O6S. The van der Waals surface area contributed by atoms with Crippen LogP contribution in [0.5, 0.6) is 0 Å². The van der Waals surface area contributed by atoms with Gasteiger partial charge in [0.2, 0.25) is 10.0 Å². The van der Waals surface area contributed by atoms with Crippen molar-refractivity contribution in [3.63, 3.8) is 0 Å². The number of carbonyl (C=O) groups is 2. The zero-order valence-corrected chi connectivity index (χ0v) is 18.5. The zero-order chi connectivity index (χ0) is 23.5. The van der Waals surface area contributed by atoms with Gasteiger partial charge < -0.3 is 10.1 Å². The number of hydrogen-bond donors (Lipinski definition) is 2.